The minimum atomic E-state index is -0.833. The SMILES string of the molecule is CC(=O)O.C[C@H](Cc1ccc2ccccc2c1)C(=O)COc1ccc(CN)cc1. The molecule has 0 unspecified atom stereocenters. The van der Waals surface area contributed by atoms with E-state index in [-0.39, 0.29) is 18.3 Å². The second-order valence-electron chi connectivity index (χ2n) is 6.91. The number of benzene rings is 3. The quantitative estimate of drug-likeness (QED) is 0.627. The van der Waals surface area contributed by atoms with Crippen molar-refractivity contribution in [2.75, 3.05) is 6.61 Å². The third-order valence-corrected chi connectivity index (χ3v) is 4.45. The van der Waals surface area contributed by atoms with Crippen LogP contribution in [0.2, 0.25) is 0 Å². The van der Waals surface area contributed by atoms with Crippen molar-refractivity contribution < 1.29 is 19.4 Å². The Bertz CT molecular complexity index is 947. The Kier molecular flexibility index (Phi) is 8.37. The van der Waals surface area contributed by atoms with E-state index in [9.17, 15) is 4.79 Å². The number of rotatable bonds is 7. The Morgan fingerprint density at radius 3 is 2.17 bits per heavy atom. The van der Waals surface area contributed by atoms with Gasteiger partial charge in [-0.3, -0.25) is 9.59 Å². The number of aliphatic carboxylic acids is 1. The number of Topliss-reactive ketones (excluding diaryl/α,β-unsaturated/α-hetero) is 1. The number of hydrogen-bond donors (Lipinski definition) is 2. The minimum absolute atomic E-state index is 0.0792. The van der Waals surface area contributed by atoms with Gasteiger partial charge in [0.15, 0.2) is 5.78 Å². The number of carboxylic acids is 1. The molecule has 3 rings (SSSR count). The van der Waals surface area contributed by atoms with E-state index in [0.717, 1.165) is 18.9 Å². The third-order valence-electron chi connectivity index (χ3n) is 4.45. The number of fused-ring (bicyclic) bond motifs is 1. The summed E-state index contributed by atoms with van der Waals surface area (Å²) in [7, 11) is 0. The predicted octanol–water partition coefficient (Wildman–Crippen LogP) is 4.22. The first-order valence-corrected chi connectivity index (χ1v) is 9.50. The van der Waals surface area contributed by atoms with E-state index in [1.54, 1.807) is 0 Å². The monoisotopic (exact) mass is 393 g/mol. The van der Waals surface area contributed by atoms with Gasteiger partial charge in [0.25, 0.3) is 5.97 Å². The number of carboxylic acid groups (broad SMARTS) is 1. The maximum atomic E-state index is 12.4. The lowest BCUT2D eigenvalue weighted by atomic mass is 9.95. The second kappa shape index (κ2) is 11.0. The molecule has 0 amide bonds. The van der Waals surface area contributed by atoms with E-state index in [1.165, 1.54) is 16.3 Å². The summed E-state index contributed by atoms with van der Waals surface area (Å²) in [5, 5.41) is 9.84. The summed E-state index contributed by atoms with van der Waals surface area (Å²) >= 11 is 0. The van der Waals surface area contributed by atoms with Crippen molar-refractivity contribution in [3.05, 3.63) is 77.9 Å². The molecule has 0 aliphatic rings. The van der Waals surface area contributed by atoms with Crippen LogP contribution in [0.3, 0.4) is 0 Å². The molecule has 3 aromatic rings. The van der Waals surface area contributed by atoms with Gasteiger partial charge in [0, 0.05) is 19.4 Å². The molecule has 152 valence electrons. The first-order chi connectivity index (χ1) is 13.9. The maximum Gasteiger partial charge on any atom is 0.300 e. The Morgan fingerprint density at radius 2 is 1.55 bits per heavy atom. The molecule has 0 aromatic heterocycles. The molecular formula is C24H27NO4. The zero-order chi connectivity index (χ0) is 21.2. The summed E-state index contributed by atoms with van der Waals surface area (Å²) in [5.74, 6) is -0.107. The topological polar surface area (TPSA) is 89.6 Å². The molecule has 0 aliphatic carbocycles. The van der Waals surface area contributed by atoms with E-state index in [2.05, 4.69) is 30.3 Å². The van der Waals surface area contributed by atoms with Gasteiger partial charge in [0.2, 0.25) is 0 Å². The summed E-state index contributed by atoms with van der Waals surface area (Å²) in [6.45, 7) is 3.64. The van der Waals surface area contributed by atoms with Gasteiger partial charge >= 0.3 is 0 Å². The molecular weight excluding hydrogens is 366 g/mol. The van der Waals surface area contributed by atoms with E-state index >= 15 is 0 Å². The molecule has 29 heavy (non-hydrogen) atoms. The Morgan fingerprint density at radius 1 is 0.966 bits per heavy atom. The lowest BCUT2D eigenvalue weighted by Crippen LogP contribution is -2.21. The Balaban J connectivity index is 0.000000687. The van der Waals surface area contributed by atoms with Crippen LogP contribution < -0.4 is 10.5 Å². The fraction of sp³-hybridized carbons (Fsp3) is 0.250. The first kappa shape index (κ1) is 22.1. The van der Waals surface area contributed by atoms with Crippen molar-refractivity contribution in [1.82, 2.24) is 0 Å². The zero-order valence-electron chi connectivity index (χ0n) is 16.8. The molecule has 0 bridgehead atoms. The number of nitrogens with two attached hydrogens (primary N) is 1. The standard InChI is InChI=1S/C22H23NO2.C2H4O2/c1-16(12-18-6-9-19-4-2-3-5-20(19)13-18)22(24)15-25-21-10-7-17(14-23)8-11-21;1-2(3)4/h2-11,13,16H,12,14-15,23H2,1H3;1H3,(H,3,4)/t16-;/m1./s1. The van der Waals surface area contributed by atoms with Crippen molar-refractivity contribution in [2.45, 2.75) is 26.8 Å². The average molecular weight is 393 g/mol. The normalized spacial score (nSPS) is 11.3. The van der Waals surface area contributed by atoms with Crippen LogP contribution in [0.15, 0.2) is 66.7 Å². The van der Waals surface area contributed by atoms with Crippen LogP contribution in [0, 0.1) is 5.92 Å². The van der Waals surface area contributed by atoms with Gasteiger partial charge in [-0.25, -0.2) is 0 Å². The van der Waals surface area contributed by atoms with Crippen LogP contribution in [0.4, 0.5) is 0 Å². The molecule has 0 saturated heterocycles. The van der Waals surface area contributed by atoms with Crippen LogP contribution >= 0.6 is 0 Å². The van der Waals surface area contributed by atoms with Crippen molar-refractivity contribution in [2.24, 2.45) is 11.7 Å². The summed E-state index contributed by atoms with van der Waals surface area (Å²) in [5.41, 5.74) is 7.79. The van der Waals surface area contributed by atoms with Crippen LogP contribution in [0.1, 0.15) is 25.0 Å². The fourth-order valence-electron chi connectivity index (χ4n) is 2.85. The maximum absolute atomic E-state index is 12.4. The highest BCUT2D eigenvalue weighted by atomic mass is 16.5. The first-order valence-electron chi connectivity index (χ1n) is 9.50. The summed E-state index contributed by atoms with van der Waals surface area (Å²) in [6.07, 6.45) is 0.721. The lowest BCUT2D eigenvalue weighted by molar-refractivity contribution is -0.134. The Labute approximate surface area is 171 Å². The number of carbonyl (C=O) groups is 2. The van der Waals surface area contributed by atoms with Crippen LogP contribution in [0.5, 0.6) is 5.75 Å². The van der Waals surface area contributed by atoms with Crippen molar-refractivity contribution in [3.63, 3.8) is 0 Å². The number of hydrogen-bond acceptors (Lipinski definition) is 4. The molecule has 3 aromatic carbocycles. The second-order valence-corrected chi connectivity index (χ2v) is 6.91. The van der Waals surface area contributed by atoms with E-state index in [4.69, 9.17) is 20.4 Å². The fourth-order valence-corrected chi connectivity index (χ4v) is 2.85. The molecule has 0 aliphatic heterocycles. The van der Waals surface area contributed by atoms with Gasteiger partial charge in [0.05, 0.1) is 0 Å². The van der Waals surface area contributed by atoms with Crippen LogP contribution in [-0.2, 0) is 22.6 Å². The molecule has 1 atom stereocenters. The minimum Gasteiger partial charge on any atom is -0.486 e. The molecule has 0 spiro atoms. The van der Waals surface area contributed by atoms with Crippen molar-refractivity contribution >= 4 is 22.5 Å². The number of ketones is 1. The summed E-state index contributed by atoms with van der Waals surface area (Å²) < 4.78 is 5.61. The summed E-state index contributed by atoms with van der Waals surface area (Å²) in [6, 6.07) is 22.2. The van der Waals surface area contributed by atoms with Gasteiger partial charge in [-0.2, -0.15) is 0 Å². The molecule has 0 heterocycles. The van der Waals surface area contributed by atoms with Gasteiger partial charge in [0.1, 0.15) is 12.4 Å². The molecule has 5 heteroatoms. The van der Waals surface area contributed by atoms with Crippen molar-refractivity contribution in [3.8, 4) is 5.75 Å². The largest absolute Gasteiger partial charge is 0.486 e. The molecule has 0 saturated carbocycles. The smallest absolute Gasteiger partial charge is 0.300 e. The molecule has 3 N–H and O–H groups in total. The van der Waals surface area contributed by atoms with Crippen molar-refractivity contribution in [1.29, 1.82) is 0 Å². The molecule has 0 fully saturated rings. The van der Waals surface area contributed by atoms with E-state index in [1.807, 2.05) is 43.3 Å². The van der Waals surface area contributed by atoms with Gasteiger partial charge in [-0.1, -0.05) is 61.5 Å². The van der Waals surface area contributed by atoms with E-state index in [0.29, 0.717) is 12.3 Å². The zero-order valence-corrected chi connectivity index (χ0v) is 16.8. The number of carbonyl (C=O) groups excluding carboxylic acids is 1. The van der Waals surface area contributed by atoms with Crippen LogP contribution in [0.25, 0.3) is 10.8 Å². The third kappa shape index (κ3) is 7.39. The highest BCUT2D eigenvalue weighted by Crippen LogP contribution is 2.19. The predicted molar refractivity (Wildman–Crippen MR) is 115 cm³/mol. The van der Waals surface area contributed by atoms with E-state index < -0.39 is 5.97 Å². The summed E-state index contributed by atoms with van der Waals surface area (Å²) in [4.78, 5) is 21.4. The van der Waals surface area contributed by atoms with Gasteiger partial charge in [-0.15, -0.1) is 0 Å². The molecule has 5 nitrogen and oxygen atoms in total. The van der Waals surface area contributed by atoms with Crippen LogP contribution in [-0.4, -0.2) is 23.5 Å². The number of ether oxygens (including phenoxy) is 1. The highest BCUT2D eigenvalue weighted by Gasteiger charge is 2.14. The Hall–Kier alpha value is -3.18. The highest BCUT2D eigenvalue weighted by molar-refractivity contribution is 5.84. The lowest BCUT2D eigenvalue weighted by Gasteiger charge is -2.12. The molecule has 0 radical (unpaired) electrons. The average Bonchev–Trinajstić information content (AvgIpc) is 2.71. The van der Waals surface area contributed by atoms with Gasteiger partial charge < -0.3 is 15.6 Å². The van der Waals surface area contributed by atoms with Gasteiger partial charge in [-0.05, 0) is 40.5 Å².